The lowest BCUT2D eigenvalue weighted by Crippen LogP contribution is -2.11. The Balaban J connectivity index is 0.000000606. The summed E-state index contributed by atoms with van der Waals surface area (Å²) in [6.07, 6.45) is 9.75. The van der Waals surface area contributed by atoms with Crippen LogP contribution in [0.2, 0.25) is 0 Å². The van der Waals surface area contributed by atoms with Crippen LogP contribution in [0.25, 0.3) is 74.8 Å². The molecule has 0 unspecified atom stereocenters. The van der Waals surface area contributed by atoms with Gasteiger partial charge in [-0.3, -0.25) is 0 Å². The molecule has 2 aromatic heterocycles. The van der Waals surface area contributed by atoms with Crippen molar-refractivity contribution in [3.63, 3.8) is 0 Å². The van der Waals surface area contributed by atoms with E-state index in [-0.39, 0.29) is 0 Å². The van der Waals surface area contributed by atoms with Crippen molar-refractivity contribution in [2.75, 3.05) is 11.9 Å². The van der Waals surface area contributed by atoms with Gasteiger partial charge >= 0.3 is 0 Å². The van der Waals surface area contributed by atoms with Gasteiger partial charge in [-0.05, 0) is 88.8 Å². The van der Waals surface area contributed by atoms with Crippen LogP contribution in [0, 0.1) is 0 Å². The van der Waals surface area contributed by atoms with E-state index < -0.39 is 0 Å². The molecule has 3 heterocycles. The predicted molar refractivity (Wildman–Crippen MR) is 242 cm³/mol. The van der Waals surface area contributed by atoms with Gasteiger partial charge in [-0.25, -0.2) is 0 Å². The van der Waals surface area contributed by atoms with Gasteiger partial charge < -0.3 is 15.2 Å². The van der Waals surface area contributed by atoms with E-state index in [0.717, 1.165) is 16.9 Å². The summed E-state index contributed by atoms with van der Waals surface area (Å²) in [5, 5.41) is 10.1. The van der Waals surface area contributed by atoms with E-state index in [1.807, 2.05) is 25.2 Å². The number of benzene rings is 7. The maximum atomic E-state index is 4.57. The lowest BCUT2D eigenvalue weighted by atomic mass is 9.98. The highest BCUT2D eigenvalue weighted by molar-refractivity contribution is 7.26. The molecule has 0 aliphatic carbocycles. The highest BCUT2D eigenvalue weighted by Gasteiger charge is 2.21. The van der Waals surface area contributed by atoms with Crippen LogP contribution in [0.3, 0.4) is 0 Å². The third kappa shape index (κ3) is 6.28. The van der Waals surface area contributed by atoms with Crippen molar-refractivity contribution < 1.29 is 0 Å². The quantitative estimate of drug-likeness (QED) is 0.180. The molecule has 54 heavy (non-hydrogen) atoms. The minimum atomic E-state index is 1.01. The zero-order chi connectivity index (χ0) is 37.8. The third-order valence-electron chi connectivity index (χ3n) is 9.67. The van der Waals surface area contributed by atoms with Crippen LogP contribution in [0.4, 0.5) is 11.4 Å². The van der Waals surface area contributed by atoms with Crippen LogP contribution >= 0.6 is 11.3 Å². The van der Waals surface area contributed by atoms with Crippen molar-refractivity contribution in [1.29, 1.82) is 0 Å². The molecular formula is C50H47N3S. The summed E-state index contributed by atoms with van der Waals surface area (Å²) in [5.41, 5.74) is 12.6. The normalized spacial score (nSPS) is 13.4. The molecule has 10 rings (SSSR count). The second-order valence-corrected chi connectivity index (χ2v) is 14.0. The molecule has 0 saturated heterocycles. The first kappa shape index (κ1) is 36.4. The second kappa shape index (κ2) is 16.0. The Morgan fingerprint density at radius 1 is 0.574 bits per heavy atom. The number of fused-ring (bicyclic) bond motifs is 11. The van der Waals surface area contributed by atoms with Crippen molar-refractivity contribution in [1.82, 2.24) is 4.57 Å². The summed E-state index contributed by atoms with van der Waals surface area (Å²) in [7, 11) is 1.50. The third-order valence-corrected chi connectivity index (χ3v) is 10.9. The van der Waals surface area contributed by atoms with Gasteiger partial charge in [0.15, 0.2) is 0 Å². The number of rotatable bonds is 2. The molecule has 0 saturated carbocycles. The number of aromatic nitrogens is 1. The Labute approximate surface area is 322 Å². The van der Waals surface area contributed by atoms with Gasteiger partial charge in [0, 0.05) is 54.1 Å². The van der Waals surface area contributed by atoms with E-state index in [1.54, 1.807) is 0 Å². The number of anilines is 2. The number of nitrogens with zero attached hydrogens (tertiary/aromatic N) is 2. The predicted octanol–water partition coefficient (Wildman–Crippen LogP) is 14.7. The molecule has 0 atom stereocenters. The van der Waals surface area contributed by atoms with Gasteiger partial charge in [0.2, 0.25) is 0 Å². The fourth-order valence-electron chi connectivity index (χ4n) is 7.52. The summed E-state index contributed by atoms with van der Waals surface area (Å²) >= 11 is 1.86. The fraction of sp³-hybridized carbons (Fsp3) is 0.120. The summed E-state index contributed by atoms with van der Waals surface area (Å²) in [6, 6.07) is 48.8. The minimum Gasteiger partial charge on any atom is -0.333 e. The maximum absolute atomic E-state index is 4.57. The molecule has 0 radical (unpaired) electrons. The number of para-hydroxylation sites is 2. The Morgan fingerprint density at radius 2 is 1.17 bits per heavy atom. The summed E-state index contributed by atoms with van der Waals surface area (Å²) in [4.78, 5) is 2.31. The molecule has 0 spiro atoms. The number of allylic oxidation sites excluding steroid dienone is 4. The molecule has 4 heteroatoms. The van der Waals surface area contributed by atoms with E-state index in [1.165, 1.54) is 88.2 Å². The van der Waals surface area contributed by atoms with Crippen molar-refractivity contribution in [2.24, 2.45) is 5.73 Å². The fourth-order valence-corrected chi connectivity index (χ4v) is 8.78. The molecule has 1 aliphatic heterocycles. The summed E-state index contributed by atoms with van der Waals surface area (Å²) in [6.45, 7) is 12.8. The lowest BCUT2D eigenvalue weighted by molar-refractivity contribution is 1.09. The second-order valence-electron chi connectivity index (χ2n) is 13.0. The first-order valence-corrected chi connectivity index (χ1v) is 19.8. The van der Waals surface area contributed by atoms with E-state index in [9.17, 15) is 0 Å². The maximum Gasteiger partial charge on any atom is 0.0548 e. The molecule has 2 N–H and O–H groups in total. The van der Waals surface area contributed by atoms with Gasteiger partial charge in [-0.2, -0.15) is 0 Å². The average Bonchev–Trinajstić information content (AvgIpc) is 3.76. The van der Waals surface area contributed by atoms with Crippen LogP contribution in [-0.4, -0.2) is 11.6 Å². The van der Waals surface area contributed by atoms with Gasteiger partial charge in [0.05, 0.1) is 16.7 Å². The van der Waals surface area contributed by atoms with Gasteiger partial charge in [-0.15, -0.1) is 11.3 Å². The summed E-state index contributed by atoms with van der Waals surface area (Å²) in [5.74, 6) is 0. The van der Waals surface area contributed by atoms with Crippen molar-refractivity contribution in [3.05, 3.63) is 170 Å². The smallest absolute Gasteiger partial charge is 0.0548 e. The van der Waals surface area contributed by atoms with E-state index in [2.05, 4.69) is 194 Å². The SMILES string of the molecule is C=C1/C=C\C=C/N(c2ccc3c(ccc4ccccc43)c2)c2ccc3c(sc4ccc(-n5c6ccccc6c6ccccc65)cc43)c21.CC.CCC.CN. The monoisotopic (exact) mass is 721 g/mol. The van der Waals surface area contributed by atoms with Crippen molar-refractivity contribution in [2.45, 2.75) is 34.1 Å². The number of nitrogens with two attached hydrogens (primary N) is 1. The lowest BCUT2D eigenvalue weighted by Gasteiger charge is -2.26. The van der Waals surface area contributed by atoms with E-state index in [0.29, 0.717) is 0 Å². The van der Waals surface area contributed by atoms with Crippen LogP contribution in [-0.2, 0) is 0 Å². The highest BCUT2D eigenvalue weighted by Crippen LogP contribution is 2.46. The summed E-state index contributed by atoms with van der Waals surface area (Å²) < 4.78 is 4.94. The Hall–Kier alpha value is -5.94. The molecule has 7 aromatic carbocycles. The van der Waals surface area contributed by atoms with Gasteiger partial charge in [0.1, 0.15) is 0 Å². The molecule has 0 amide bonds. The van der Waals surface area contributed by atoms with Gasteiger partial charge in [0.25, 0.3) is 0 Å². The minimum absolute atomic E-state index is 1.01. The topological polar surface area (TPSA) is 34.2 Å². The molecule has 9 aromatic rings. The van der Waals surface area contributed by atoms with E-state index in [4.69, 9.17) is 0 Å². The molecule has 0 bridgehead atoms. The van der Waals surface area contributed by atoms with E-state index >= 15 is 0 Å². The largest absolute Gasteiger partial charge is 0.333 e. The zero-order valence-electron chi connectivity index (χ0n) is 31.8. The van der Waals surface area contributed by atoms with Crippen LogP contribution in [0.1, 0.15) is 39.7 Å². The molecular weight excluding hydrogens is 675 g/mol. The van der Waals surface area contributed by atoms with Crippen molar-refractivity contribution in [3.8, 4) is 5.69 Å². The van der Waals surface area contributed by atoms with Crippen LogP contribution in [0.15, 0.2) is 164 Å². The highest BCUT2D eigenvalue weighted by atomic mass is 32.1. The Morgan fingerprint density at radius 3 is 1.89 bits per heavy atom. The van der Waals surface area contributed by atoms with Crippen LogP contribution < -0.4 is 10.6 Å². The first-order chi connectivity index (χ1) is 26.6. The number of hydrogen-bond acceptors (Lipinski definition) is 3. The Kier molecular flexibility index (Phi) is 10.8. The molecule has 0 fully saturated rings. The first-order valence-electron chi connectivity index (χ1n) is 18.9. The van der Waals surface area contributed by atoms with Crippen molar-refractivity contribution >= 4 is 91.8 Å². The number of hydrogen-bond donors (Lipinski definition) is 1. The zero-order valence-corrected chi connectivity index (χ0v) is 32.6. The standard InChI is InChI=1S/C44H28N2S.C3H8.C2H6.CH5N/c1-28-10-8-9-25-45(31-19-21-34-30(26-31)18-17-29-11-2-3-12-33(29)34)41-23-22-37-38-27-32(20-24-42(38)47-44(37)43(28)41)46-39-15-6-4-13-35(39)36-14-5-7-16-40(36)46;1-3-2;2*1-2/h2-27H,1H2;3H2,1-2H3;1-2H3;2H2,1H3/b10-8-,25-9-;;;. The van der Waals surface area contributed by atoms with Crippen LogP contribution in [0.5, 0.6) is 0 Å². The Bertz CT molecular complexity index is 2800. The average molecular weight is 722 g/mol. The molecule has 3 nitrogen and oxygen atoms in total. The van der Waals surface area contributed by atoms with Gasteiger partial charge in [-0.1, -0.05) is 138 Å². The number of thiophene rings is 1. The molecule has 1 aliphatic rings. The molecule has 268 valence electrons.